The molecule has 2 N–H and O–H groups in total. The predicted molar refractivity (Wildman–Crippen MR) is 115 cm³/mol. The average molecular weight is 408 g/mol. The molecule has 166 valence electrons. The minimum atomic E-state index is -0.809. The van der Waals surface area contributed by atoms with E-state index in [2.05, 4.69) is 50.1 Å². The summed E-state index contributed by atoms with van der Waals surface area (Å²) in [6.45, 7) is 12.8. The highest BCUT2D eigenvalue weighted by atomic mass is 16.5. The molecule has 0 bridgehead atoms. The van der Waals surface area contributed by atoms with Gasteiger partial charge >= 0.3 is 5.97 Å². The molecular weight excluding hydrogens is 366 g/mol. The molecule has 1 atom stereocenters. The predicted octanol–water partition coefficient (Wildman–Crippen LogP) is 5.54. The number of rotatable bonds is 11. The molecule has 0 radical (unpaired) electrons. The number of carboxylic acid groups (broad SMARTS) is 1. The number of aromatic nitrogens is 2. The molecule has 0 unspecified atom stereocenters. The first-order chi connectivity index (χ1) is 13.6. The van der Waals surface area contributed by atoms with Gasteiger partial charge in [-0.05, 0) is 49.0 Å². The second kappa shape index (κ2) is 10.6. The summed E-state index contributed by atoms with van der Waals surface area (Å²) in [6.07, 6.45) is 9.50. The largest absolute Gasteiger partial charge is 0.481 e. The van der Waals surface area contributed by atoms with Crippen LogP contribution in [-0.4, -0.2) is 27.8 Å². The summed E-state index contributed by atoms with van der Waals surface area (Å²) in [4.78, 5) is 15.9. The van der Waals surface area contributed by atoms with Crippen molar-refractivity contribution in [1.82, 2.24) is 15.5 Å². The number of nitrogens with one attached hydrogen (secondary N) is 1. The summed E-state index contributed by atoms with van der Waals surface area (Å²) in [7, 11) is 0. The average Bonchev–Trinajstić information content (AvgIpc) is 3.09. The van der Waals surface area contributed by atoms with Crippen molar-refractivity contribution in [2.75, 3.05) is 6.54 Å². The van der Waals surface area contributed by atoms with Crippen LogP contribution < -0.4 is 5.32 Å². The van der Waals surface area contributed by atoms with Crippen LogP contribution in [-0.2, 0) is 11.3 Å². The molecule has 6 nitrogen and oxygen atoms in total. The van der Waals surface area contributed by atoms with Crippen LogP contribution in [0.4, 0.5) is 0 Å². The van der Waals surface area contributed by atoms with Gasteiger partial charge in [0.15, 0.2) is 5.82 Å². The zero-order valence-corrected chi connectivity index (χ0v) is 19.1. The summed E-state index contributed by atoms with van der Waals surface area (Å²) < 4.78 is 5.46. The Kier molecular flexibility index (Phi) is 8.68. The highest BCUT2D eigenvalue weighted by molar-refractivity contribution is 5.67. The van der Waals surface area contributed by atoms with Gasteiger partial charge in [-0.15, -0.1) is 0 Å². The van der Waals surface area contributed by atoms with Crippen LogP contribution in [0.15, 0.2) is 4.52 Å². The summed E-state index contributed by atoms with van der Waals surface area (Å²) in [5.74, 6) is 0.614. The van der Waals surface area contributed by atoms with Gasteiger partial charge in [-0.1, -0.05) is 65.5 Å². The van der Waals surface area contributed by atoms with Gasteiger partial charge < -0.3 is 14.9 Å². The Labute approximate surface area is 176 Å². The van der Waals surface area contributed by atoms with Crippen LogP contribution in [0.25, 0.3) is 0 Å². The van der Waals surface area contributed by atoms with Gasteiger partial charge in [-0.2, -0.15) is 4.98 Å². The van der Waals surface area contributed by atoms with E-state index in [1.165, 1.54) is 32.1 Å². The minimum absolute atomic E-state index is 0.0452. The molecule has 1 heterocycles. The van der Waals surface area contributed by atoms with E-state index >= 15 is 0 Å². The molecule has 1 aromatic rings. The molecule has 2 rings (SSSR count). The van der Waals surface area contributed by atoms with Crippen molar-refractivity contribution in [2.24, 2.45) is 16.7 Å². The van der Waals surface area contributed by atoms with E-state index in [-0.39, 0.29) is 17.8 Å². The van der Waals surface area contributed by atoms with Gasteiger partial charge in [0.2, 0.25) is 5.89 Å². The molecule has 1 saturated carbocycles. The van der Waals surface area contributed by atoms with E-state index < -0.39 is 5.97 Å². The molecule has 1 aliphatic carbocycles. The first-order valence-corrected chi connectivity index (χ1v) is 11.4. The minimum Gasteiger partial charge on any atom is -0.481 e. The normalized spacial score (nSPS) is 18.1. The van der Waals surface area contributed by atoms with Crippen molar-refractivity contribution in [2.45, 2.75) is 105 Å². The summed E-state index contributed by atoms with van der Waals surface area (Å²) in [5.41, 5.74) is 0.634. The maximum Gasteiger partial charge on any atom is 0.304 e. The van der Waals surface area contributed by atoms with E-state index in [9.17, 15) is 9.90 Å². The van der Waals surface area contributed by atoms with Crippen molar-refractivity contribution in [3.63, 3.8) is 0 Å². The Bertz CT molecular complexity index is 628. The number of aliphatic carboxylic acids is 1. The van der Waals surface area contributed by atoms with E-state index in [4.69, 9.17) is 4.52 Å². The Morgan fingerprint density at radius 3 is 2.52 bits per heavy atom. The molecule has 6 heteroatoms. The Balaban J connectivity index is 1.98. The lowest BCUT2D eigenvalue weighted by atomic mass is 9.57. The molecule has 29 heavy (non-hydrogen) atoms. The van der Waals surface area contributed by atoms with Crippen molar-refractivity contribution < 1.29 is 14.4 Å². The van der Waals surface area contributed by atoms with Crippen LogP contribution in [0.2, 0.25) is 0 Å². The standard InChI is InChI=1S/C23H41N3O3/c1-17(2)15-24-16-19-25-21(29-26-19)18(14-20(27)28)10-9-13-23(22(3,4)5)11-7-6-8-12-23/h17-18,24H,6-16H2,1-5H3,(H,27,28)/t18-/m1/s1. The van der Waals surface area contributed by atoms with Gasteiger partial charge in [0, 0.05) is 5.92 Å². The van der Waals surface area contributed by atoms with Crippen LogP contribution in [0.5, 0.6) is 0 Å². The molecule has 0 aliphatic heterocycles. The Morgan fingerprint density at radius 1 is 1.24 bits per heavy atom. The first-order valence-electron chi connectivity index (χ1n) is 11.4. The van der Waals surface area contributed by atoms with Gasteiger partial charge in [-0.25, -0.2) is 0 Å². The third kappa shape index (κ3) is 7.09. The molecule has 1 fully saturated rings. The lowest BCUT2D eigenvalue weighted by Gasteiger charge is -2.48. The zero-order valence-electron chi connectivity index (χ0n) is 19.1. The van der Waals surface area contributed by atoms with Crippen molar-refractivity contribution in [3.8, 4) is 0 Å². The lowest BCUT2D eigenvalue weighted by molar-refractivity contribution is -0.137. The third-order valence-corrected chi connectivity index (χ3v) is 6.70. The van der Waals surface area contributed by atoms with Crippen molar-refractivity contribution in [3.05, 3.63) is 11.7 Å². The summed E-state index contributed by atoms with van der Waals surface area (Å²) >= 11 is 0. The fourth-order valence-corrected chi connectivity index (χ4v) is 4.79. The van der Waals surface area contributed by atoms with Gasteiger partial charge in [0.05, 0.1) is 13.0 Å². The smallest absolute Gasteiger partial charge is 0.304 e. The lowest BCUT2D eigenvalue weighted by Crippen LogP contribution is -2.37. The third-order valence-electron chi connectivity index (χ3n) is 6.70. The van der Waals surface area contributed by atoms with Crippen molar-refractivity contribution in [1.29, 1.82) is 0 Å². The van der Waals surface area contributed by atoms with Crippen LogP contribution in [0.3, 0.4) is 0 Å². The molecule has 0 amide bonds. The quantitative estimate of drug-likeness (QED) is 0.500. The highest BCUT2D eigenvalue weighted by Gasteiger charge is 2.41. The number of carbonyl (C=O) groups is 1. The maximum absolute atomic E-state index is 11.4. The monoisotopic (exact) mass is 407 g/mol. The van der Waals surface area contributed by atoms with Crippen LogP contribution in [0, 0.1) is 16.7 Å². The highest BCUT2D eigenvalue weighted by Crippen LogP contribution is 2.53. The van der Waals surface area contributed by atoms with Gasteiger partial charge in [-0.3, -0.25) is 4.79 Å². The molecular formula is C23H41N3O3. The fourth-order valence-electron chi connectivity index (χ4n) is 4.79. The molecule has 0 saturated heterocycles. The molecule has 0 spiro atoms. The van der Waals surface area contributed by atoms with Gasteiger partial charge in [0.1, 0.15) is 0 Å². The maximum atomic E-state index is 11.4. The number of nitrogens with zero attached hydrogens (tertiary/aromatic N) is 2. The molecule has 1 aromatic heterocycles. The van der Waals surface area contributed by atoms with E-state index in [0.717, 1.165) is 25.8 Å². The summed E-state index contributed by atoms with van der Waals surface area (Å²) in [5, 5.41) is 16.7. The summed E-state index contributed by atoms with van der Waals surface area (Å²) in [6, 6.07) is 0. The van der Waals surface area contributed by atoms with E-state index in [0.29, 0.717) is 29.6 Å². The first kappa shape index (κ1) is 23.8. The van der Waals surface area contributed by atoms with E-state index in [1.54, 1.807) is 0 Å². The topological polar surface area (TPSA) is 88.2 Å². The Hall–Kier alpha value is -1.43. The second-order valence-corrected chi connectivity index (χ2v) is 10.4. The van der Waals surface area contributed by atoms with Crippen molar-refractivity contribution >= 4 is 5.97 Å². The second-order valence-electron chi connectivity index (χ2n) is 10.4. The van der Waals surface area contributed by atoms with Gasteiger partial charge in [0.25, 0.3) is 0 Å². The fraction of sp³-hybridized carbons (Fsp3) is 0.870. The Morgan fingerprint density at radius 2 is 1.93 bits per heavy atom. The molecule has 1 aliphatic rings. The van der Waals surface area contributed by atoms with Crippen LogP contribution in [0.1, 0.15) is 110 Å². The number of carboxylic acids is 1. The number of hydrogen-bond acceptors (Lipinski definition) is 5. The zero-order chi connectivity index (χ0) is 21.5. The number of hydrogen-bond donors (Lipinski definition) is 2. The molecule has 0 aromatic carbocycles. The SMILES string of the molecule is CC(C)CNCc1noc([C@H](CCCC2(C(C)(C)C)CCCCC2)CC(=O)O)n1. The van der Waals surface area contributed by atoms with Crippen LogP contribution >= 0.6 is 0 Å². The van der Waals surface area contributed by atoms with E-state index in [1.807, 2.05) is 0 Å².